The van der Waals surface area contributed by atoms with Gasteiger partial charge in [-0.05, 0) is 38.8 Å². The van der Waals surface area contributed by atoms with Crippen molar-refractivity contribution in [1.29, 1.82) is 0 Å². The third-order valence-corrected chi connectivity index (χ3v) is 3.68. The Morgan fingerprint density at radius 1 is 1.37 bits per heavy atom. The van der Waals surface area contributed by atoms with Crippen LogP contribution in [0.15, 0.2) is 6.33 Å². The van der Waals surface area contributed by atoms with E-state index in [0.29, 0.717) is 6.04 Å². The number of likely N-dealkylation sites (tertiary alicyclic amines) is 1. The number of nitrogens with zero attached hydrogens (tertiary/aromatic N) is 4. The van der Waals surface area contributed by atoms with Gasteiger partial charge in [0, 0.05) is 19.1 Å². The quantitative estimate of drug-likeness (QED) is 0.814. The normalized spacial score (nSPS) is 20.8. The van der Waals surface area contributed by atoms with Crippen LogP contribution >= 0.6 is 0 Å². The maximum absolute atomic E-state index is 4.41. The van der Waals surface area contributed by atoms with Gasteiger partial charge in [-0.25, -0.2) is 9.67 Å². The van der Waals surface area contributed by atoms with Gasteiger partial charge in [-0.3, -0.25) is 4.90 Å². The van der Waals surface area contributed by atoms with Gasteiger partial charge in [-0.1, -0.05) is 13.8 Å². The molecular weight excluding hydrogens is 238 g/mol. The zero-order valence-corrected chi connectivity index (χ0v) is 12.3. The molecule has 2 heterocycles. The second-order valence-electron chi connectivity index (χ2n) is 5.43. The molecule has 1 unspecified atom stereocenters. The third-order valence-electron chi connectivity index (χ3n) is 3.68. The molecule has 2 rings (SSSR count). The summed E-state index contributed by atoms with van der Waals surface area (Å²) in [7, 11) is 0. The average molecular weight is 265 g/mol. The van der Waals surface area contributed by atoms with E-state index in [2.05, 4.69) is 34.1 Å². The van der Waals surface area contributed by atoms with Crippen LogP contribution in [0.5, 0.6) is 0 Å². The highest BCUT2D eigenvalue weighted by Gasteiger charge is 2.20. The second kappa shape index (κ2) is 7.60. The number of piperidine rings is 1. The Labute approximate surface area is 116 Å². The van der Waals surface area contributed by atoms with E-state index in [0.717, 1.165) is 38.4 Å². The first-order valence-corrected chi connectivity index (χ1v) is 7.66. The van der Waals surface area contributed by atoms with Crippen LogP contribution in [0, 0.1) is 0 Å². The maximum atomic E-state index is 4.41. The highest BCUT2D eigenvalue weighted by molar-refractivity contribution is 4.87. The van der Waals surface area contributed by atoms with Crippen molar-refractivity contribution < 1.29 is 0 Å². The SMILES string of the molecule is CCCNC1CCCN(Cc2ncnn2CCC)C1. The van der Waals surface area contributed by atoms with E-state index in [-0.39, 0.29) is 0 Å². The monoisotopic (exact) mass is 265 g/mol. The van der Waals surface area contributed by atoms with Gasteiger partial charge < -0.3 is 5.32 Å². The molecule has 1 aliphatic heterocycles. The third kappa shape index (κ3) is 4.28. The molecular formula is C14H27N5. The van der Waals surface area contributed by atoms with Gasteiger partial charge in [0.05, 0.1) is 6.54 Å². The maximum Gasteiger partial charge on any atom is 0.141 e. The summed E-state index contributed by atoms with van der Waals surface area (Å²) in [6, 6.07) is 0.649. The fraction of sp³-hybridized carbons (Fsp3) is 0.857. The van der Waals surface area contributed by atoms with Crippen LogP contribution in [0.2, 0.25) is 0 Å². The molecule has 0 aliphatic carbocycles. The minimum atomic E-state index is 0.649. The van der Waals surface area contributed by atoms with E-state index in [1.807, 2.05) is 4.68 Å². The fourth-order valence-corrected chi connectivity index (χ4v) is 2.72. The Hall–Kier alpha value is -0.940. The molecule has 0 bridgehead atoms. The lowest BCUT2D eigenvalue weighted by molar-refractivity contribution is 0.177. The molecule has 0 spiro atoms. The van der Waals surface area contributed by atoms with Crippen molar-refractivity contribution in [2.24, 2.45) is 0 Å². The van der Waals surface area contributed by atoms with Crippen molar-refractivity contribution in [3.63, 3.8) is 0 Å². The lowest BCUT2D eigenvalue weighted by Gasteiger charge is -2.32. The minimum Gasteiger partial charge on any atom is -0.313 e. The van der Waals surface area contributed by atoms with E-state index in [4.69, 9.17) is 0 Å². The summed E-state index contributed by atoms with van der Waals surface area (Å²) < 4.78 is 2.04. The lowest BCUT2D eigenvalue weighted by atomic mass is 10.1. The van der Waals surface area contributed by atoms with Crippen LogP contribution in [-0.4, -0.2) is 45.3 Å². The first-order valence-electron chi connectivity index (χ1n) is 7.66. The standard InChI is InChI=1S/C14H27N5/c1-3-7-15-13-6-5-9-18(10-13)11-14-16-12-17-19(14)8-4-2/h12-13,15H,3-11H2,1-2H3. The van der Waals surface area contributed by atoms with Gasteiger partial charge in [0.2, 0.25) is 0 Å². The van der Waals surface area contributed by atoms with E-state index < -0.39 is 0 Å². The van der Waals surface area contributed by atoms with Crippen LogP contribution in [-0.2, 0) is 13.1 Å². The Kier molecular flexibility index (Phi) is 5.79. The molecule has 1 atom stereocenters. The van der Waals surface area contributed by atoms with Gasteiger partial charge in [0.25, 0.3) is 0 Å². The molecule has 0 radical (unpaired) electrons. The van der Waals surface area contributed by atoms with Crippen molar-refractivity contribution >= 4 is 0 Å². The van der Waals surface area contributed by atoms with Crippen molar-refractivity contribution in [2.75, 3.05) is 19.6 Å². The zero-order valence-electron chi connectivity index (χ0n) is 12.3. The number of hydrogen-bond donors (Lipinski definition) is 1. The smallest absolute Gasteiger partial charge is 0.141 e. The number of hydrogen-bond acceptors (Lipinski definition) is 4. The Morgan fingerprint density at radius 2 is 2.26 bits per heavy atom. The molecule has 5 nitrogen and oxygen atoms in total. The van der Waals surface area contributed by atoms with Crippen molar-refractivity contribution in [1.82, 2.24) is 25.0 Å². The second-order valence-corrected chi connectivity index (χ2v) is 5.43. The number of aromatic nitrogens is 3. The van der Waals surface area contributed by atoms with Crippen molar-refractivity contribution in [3.05, 3.63) is 12.2 Å². The van der Waals surface area contributed by atoms with Gasteiger partial charge in [0.1, 0.15) is 12.2 Å². The Balaban J connectivity index is 1.85. The predicted octanol–water partition coefficient (Wildman–Crippen LogP) is 1.65. The summed E-state index contributed by atoms with van der Waals surface area (Å²) in [6.07, 6.45) is 6.58. The molecule has 1 N–H and O–H groups in total. The number of rotatable bonds is 7. The van der Waals surface area contributed by atoms with Crippen LogP contribution in [0.3, 0.4) is 0 Å². The molecule has 0 saturated carbocycles. The number of nitrogens with one attached hydrogen (secondary N) is 1. The first-order chi connectivity index (χ1) is 9.33. The fourth-order valence-electron chi connectivity index (χ4n) is 2.72. The summed E-state index contributed by atoms with van der Waals surface area (Å²) >= 11 is 0. The molecule has 0 amide bonds. The van der Waals surface area contributed by atoms with Gasteiger partial charge in [-0.2, -0.15) is 5.10 Å². The van der Waals surface area contributed by atoms with Crippen LogP contribution in [0.25, 0.3) is 0 Å². The molecule has 108 valence electrons. The van der Waals surface area contributed by atoms with E-state index >= 15 is 0 Å². The van der Waals surface area contributed by atoms with Gasteiger partial charge in [0.15, 0.2) is 0 Å². The summed E-state index contributed by atoms with van der Waals surface area (Å²) in [6.45, 7) is 9.76. The number of aryl methyl sites for hydroxylation is 1. The Morgan fingerprint density at radius 3 is 3.05 bits per heavy atom. The average Bonchev–Trinajstić information content (AvgIpc) is 2.85. The lowest BCUT2D eigenvalue weighted by Crippen LogP contribution is -2.45. The molecule has 1 aliphatic rings. The highest BCUT2D eigenvalue weighted by Crippen LogP contribution is 2.13. The molecule has 1 fully saturated rings. The molecule has 1 aromatic heterocycles. The molecule has 0 aromatic carbocycles. The first kappa shape index (κ1) is 14.5. The van der Waals surface area contributed by atoms with Gasteiger partial charge >= 0.3 is 0 Å². The van der Waals surface area contributed by atoms with Crippen LogP contribution < -0.4 is 5.32 Å². The largest absolute Gasteiger partial charge is 0.313 e. The zero-order chi connectivity index (χ0) is 13.5. The molecule has 19 heavy (non-hydrogen) atoms. The van der Waals surface area contributed by atoms with Crippen LogP contribution in [0.4, 0.5) is 0 Å². The van der Waals surface area contributed by atoms with Crippen LogP contribution in [0.1, 0.15) is 45.4 Å². The van der Waals surface area contributed by atoms with E-state index in [9.17, 15) is 0 Å². The minimum absolute atomic E-state index is 0.649. The Bertz CT molecular complexity index is 362. The molecule has 1 saturated heterocycles. The summed E-state index contributed by atoms with van der Waals surface area (Å²) in [5.74, 6) is 1.11. The summed E-state index contributed by atoms with van der Waals surface area (Å²) in [5, 5.41) is 7.94. The summed E-state index contributed by atoms with van der Waals surface area (Å²) in [5.41, 5.74) is 0. The highest BCUT2D eigenvalue weighted by atomic mass is 15.3. The van der Waals surface area contributed by atoms with Gasteiger partial charge in [-0.15, -0.1) is 0 Å². The molecule has 1 aromatic rings. The van der Waals surface area contributed by atoms with Crippen molar-refractivity contribution in [3.8, 4) is 0 Å². The van der Waals surface area contributed by atoms with E-state index in [1.54, 1.807) is 6.33 Å². The topological polar surface area (TPSA) is 46.0 Å². The van der Waals surface area contributed by atoms with E-state index in [1.165, 1.54) is 25.8 Å². The van der Waals surface area contributed by atoms with Crippen molar-refractivity contribution in [2.45, 2.75) is 58.7 Å². The molecule has 5 heteroatoms. The summed E-state index contributed by atoms with van der Waals surface area (Å²) in [4.78, 5) is 6.91. The predicted molar refractivity (Wildman–Crippen MR) is 76.9 cm³/mol.